The van der Waals surface area contributed by atoms with Gasteiger partial charge in [0.2, 0.25) is 5.91 Å². The molecule has 0 fully saturated rings. The summed E-state index contributed by atoms with van der Waals surface area (Å²) in [4.78, 5) is 25.4. The van der Waals surface area contributed by atoms with Crippen LogP contribution in [0.4, 0.5) is 0 Å². The highest BCUT2D eigenvalue weighted by atomic mass is 35.5. The lowest BCUT2D eigenvalue weighted by Crippen LogP contribution is -2.38. The van der Waals surface area contributed by atoms with E-state index < -0.39 is 0 Å². The van der Waals surface area contributed by atoms with Crippen molar-refractivity contribution >= 4 is 23.3 Å². The van der Waals surface area contributed by atoms with Crippen molar-refractivity contribution in [1.82, 2.24) is 5.32 Å². The lowest BCUT2D eigenvalue weighted by atomic mass is 9.73. The van der Waals surface area contributed by atoms with E-state index in [4.69, 9.17) is 16.3 Å². The number of hydrogen-bond donors (Lipinski definition) is 1. The quantitative estimate of drug-likeness (QED) is 0.859. The molecule has 0 saturated heterocycles. The van der Waals surface area contributed by atoms with E-state index in [0.29, 0.717) is 17.9 Å². The van der Waals surface area contributed by atoms with Crippen LogP contribution in [0.5, 0.6) is 5.75 Å². The predicted octanol–water partition coefficient (Wildman–Crippen LogP) is 4.35. The van der Waals surface area contributed by atoms with Gasteiger partial charge in [-0.2, -0.15) is 0 Å². The van der Waals surface area contributed by atoms with E-state index in [2.05, 4.69) is 5.32 Å². The van der Waals surface area contributed by atoms with Crippen LogP contribution in [-0.4, -0.2) is 18.8 Å². The molecule has 5 heteroatoms. The van der Waals surface area contributed by atoms with Gasteiger partial charge in [-0.05, 0) is 47.7 Å². The fourth-order valence-electron chi connectivity index (χ4n) is 4.08. The number of carbonyl (C=O) groups is 2. The third-order valence-corrected chi connectivity index (χ3v) is 5.61. The molecule has 2 atom stereocenters. The Morgan fingerprint density at radius 1 is 1.00 bits per heavy atom. The van der Waals surface area contributed by atoms with E-state index in [-0.39, 0.29) is 29.9 Å². The molecule has 2 aromatic carbocycles. The third kappa shape index (κ3) is 3.50. The van der Waals surface area contributed by atoms with Gasteiger partial charge in [-0.3, -0.25) is 9.59 Å². The van der Waals surface area contributed by atoms with Crippen molar-refractivity contribution in [2.24, 2.45) is 0 Å². The first kappa shape index (κ1) is 17.8. The highest BCUT2D eigenvalue weighted by Gasteiger charge is 2.38. The zero-order valence-electron chi connectivity index (χ0n) is 15.0. The van der Waals surface area contributed by atoms with Gasteiger partial charge in [0, 0.05) is 35.1 Å². The van der Waals surface area contributed by atoms with E-state index in [1.165, 1.54) is 0 Å². The van der Waals surface area contributed by atoms with Crippen LogP contribution in [0.3, 0.4) is 0 Å². The van der Waals surface area contributed by atoms with Crippen LogP contribution in [0.15, 0.2) is 59.8 Å². The van der Waals surface area contributed by atoms with Crippen molar-refractivity contribution in [2.75, 3.05) is 7.11 Å². The number of carbonyl (C=O) groups excluding carboxylic acids is 2. The molecule has 1 N–H and O–H groups in total. The number of amides is 1. The second kappa shape index (κ2) is 7.20. The molecule has 2 aliphatic rings. The number of benzene rings is 2. The summed E-state index contributed by atoms with van der Waals surface area (Å²) >= 11 is 6.13. The molecule has 1 heterocycles. The summed E-state index contributed by atoms with van der Waals surface area (Å²) in [5, 5.41) is 3.56. The largest absolute Gasteiger partial charge is 0.497 e. The molecule has 4 rings (SSSR count). The minimum absolute atomic E-state index is 0.0538. The SMILES string of the molecule is COc1ccc([C@H]2CC(=O)C3=C(C2)NC(=O)C[C@H]3c2cccc(Cl)c2)cc1. The van der Waals surface area contributed by atoms with Gasteiger partial charge < -0.3 is 10.1 Å². The Kier molecular flexibility index (Phi) is 4.75. The van der Waals surface area contributed by atoms with E-state index >= 15 is 0 Å². The molecule has 0 bridgehead atoms. The molecular weight excluding hydrogens is 362 g/mol. The Hall–Kier alpha value is -2.59. The number of halogens is 1. The maximum absolute atomic E-state index is 13.0. The fraction of sp³-hybridized carbons (Fsp3) is 0.273. The van der Waals surface area contributed by atoms with E-state index in [9.17, 15) is 9.59 Å². The molecule has 1 aliphatic carbocycles. The molecule has 27 heavy (non-hydrogen) atoms. The van der Waals surface area contributed by atoms with Crippen molar-refractivity contribution in [2.45, 2.75) is 31.1 Å². The van der Waals surface area contributed by atoms with Gasteiger partial charge in [0.15, 0.2) is 5.78 Å². The number of hydrogen-bond acceptors (Lipinski definition) is 3. The smallest absolute Gasteiger partial charge is 0.225 e. The number of methoxy groups -OCH3 is 1. The number of nitrogens with one attached hydrogen (secondary N) is 1. The van der Waals surface area contributed by atoms with Crippen molar-refractivity contribution < 1.29 is 14.3 Å². The van der Waals surface area contributed by atoms with Gasteiger partial charge in [-0.15, -0.1) is 0 Å². The van der Waals surface area contributed by atoms with Crippen LogP contribution in [0.2, 0.25) is 5.02 Å². The van der Waals surface area contributed by atoms with Crippen LogP contribution in [-0.2, 0) is 9.59 Å². The van der Waals surface area contributed by atoms with E-state index in [1.807, 2.05) is 42.5 Å². The van der Waals surface area contributed by atoms with E-state index in [0.717, 1.165) is 28.1 Å². The van der Waals surface area contributed by atoms with Crippen molar-refractivity contribution in [3.8, 4) is 5.75 Å². The van der Waals surface area contributed by atoms with E-state index in [1.54, 1.807) is 13.2 Å². The second-order valence-corrected chi connectivity index (χ2v) is 7.49. The van der Waals surface area contributed by atoms with Crippen LogP contribution < -0.4 is 10.1 Å². The van der Waals surface area contributed by atoms with Gasteiger partial charge in [0.05, 0.1) is 7.11 Å². The molecule has 0 spiro atoms. The molecule has 1 amide bonds. The Morgan fingerprint density at radius 3 is 2.48 bits per heavy atom. The van der Waals surface area contributed by atoms with Gasteiger partial charge in [-0.1, -0.05) is 35.9 Å². The lowest BCUT2D eigenvalue weighted by Gasteiger charge is -2.34. The summed E-state index contributed by atoms with van der Waals surface area (Å²) in [6.07, 6.45) is 1.37. The number of allylic oxidation sites excluding steroid dienone is 2. The maximum atomic E-state index is 13.0. The number of ether oxygens (including phenoxy) is 1. The highest BCUT2D eigenvalue weighted by Crippen LogP contribution is 2.43. The average Bonchev–Trinajstić information content (AvgIpc) is 2.67. The average molecular weight is 382 g/mol. The summed E-state index contributed by atoms with van der Waals surface area (Å²) in [6.45, 7) is 0. The van der Waals surface area contributed by atoms with Crippen LogP contribution in [0.25, 0.3) is 0 Å². The summed E-state index contributed by atoms with van der Waals surface area (Å²) in [7, 11) is 1.63. The monoisotopic (exact) mass is 381 g/mol. The maximum Gasteiger partial charge on any atom is 0.225 e. The van der Waals surface area contributed by atoms with Gasteiger partial charge in [-0.25, -0.2) is 0 Å². The summed E-state index contributed by atoms with van der Waals surface area (Å²) in [6, 6.07) is 15.2. The number of rotatable bonds is 3. The summed E-state index contributed by atoms with van der Waals surface area (Å²) in [5.74, 6) is 0.661. The normalized spacial score (nSPS) is 22.3. The highest BCUT2D eigenvalue weighted by molar-refractivity contribution is 6.30. The van der Waals surface area contributed by atoms with Gasteiger partial charge in [0.1, 0.15) is 5.75 Å². The number of ketones is 1. The first-order valence-corrected chi connectivity index (χ1v) is 9.38. The molecule has 138 valence electrons. The molecule has 0 unspecified atom stereocenters. The molecular formula is C22H20ClNO3. The van der Waals surface area contributed by atoms with Crippen molar-refractivity contribution in [3.63, 3.8) is 0 Å². The number of Topliss-reactive ketones (excluding diaryl/α,β-unsaturated/α-hetero) is 1. The van der Waals surface area contributed by atoms with Gasteiger partial charge >= 0.3 is 0 Å². The minimum Gasteiger partial charge on any atom is -0.497 e. The Labute approximate surface area is 163 Å². The summed E-state index contributed by atoms with van der Waals surface area (Å²) in [5.41, 5.74) is 3.49. The Bertz CT molecular complexity index is 933. The molecule has 4 nitrogen and oxygen atoms in total. The molecule has 2 aromatic rings. The van der Waals surface area contributed by atoms with Crippen molar-refractivity contribution in [3.05, 3.63) is 76.0 Å². The molecule has 0 saturated carbocycles. The van der Waals surface area contributed by atoms with Crippen molar-refractivity contribution in [1.29, 1.82) is 0 Å². The first-order chi connectivity index (χ1) is 13.0. The standard InChI is InChI=1S/C22H20ClNO3/c1-27-17-7-5-13(6-8-17)15-10-19-22(20(25)11-15)18(12-21(26)24-19)14-3-2-4-16(23)9-14/h2-9,15,18H,10-12H2,1H3,(H,24,26)/t15-,18+/m1/s1. The zero-order chi connectivity index (χ0) is 19.0. The lowest BCUT2D eigenvalue weighted by molar-refractivity contribution is -0.122. The molecule has 0 aromatic heterocycles. The van der Waals surface area contributed by atoms with Crippen LogP contribution >= 0.6 is 11.6 Å². The zero-order valence-corrected chi connectivity index (χ0v) is 15.8. The minimum atomic E-state index is -0.225. The Balaban J connectivity index is 1.68. The van der Waals surface area contributed by atoms with Gasteiger partial charge in [0.25, 0.3) is 0 Å². The molecule has 1 aliphatic heterocycles. The van der Waals surface area contributed by atoms with Crippen LogP contribution in [0, 0.1) is 0 Å². The summed E-state index contributed by atoms with van der Waals surface area (Å²) < 4.78 is 5.21. The molecule has 0 radical (unpaired) electrons. The van der Waals surface area contributed by atoms with Crippen LogP contribution in [0.1, 0.15) is 42.2 Å². The third-order valence-electron chi connectivity index (χ3n) is 5.37. The fourth-order valence-corrected chi connectivity index (χ4v) is 4.28. The predicted molar refractivity (Wildman–Crippen MR) is 104 cm³/mol. The Morgan fingerprint density at radius 2 is 1.78 bits per heavy atom. The second-order valence-electron chi connectivity index (χ2n) is 7.05. The first-order valence-electron chi connectivity index (χ1n) is 9.00. The topological polar surface area (TPSA) is 55.4 Å².